The van der Waals surface area contributed by atoms with Crippen LogP contribution in [0.1, 0.15) is 11.1 Å². The molecule has 0 bridgehead atoms. The lowest BCUT2D eigenvalue weighted by Crippen LogP contribution is -2.20. The van der Waals surface area contributed by atoms with Crippen molar-refractivity contribution in [1.82, 2.24) is 0 Å². The fourth-order valence-corrected chi connectivity index (χ4v) is 2.38. The van der Waals surface area contributed by atoms with Gasteiger partial charge in [-0.25, -0.2) is 4.99 Å². The first kappa shape index (κ1) is 15.7. The molecule has 0 fully saturated rings. The lowest BCUT2D eigenvalue weighted by atomic mass is 10.1. The quantitative estimate of drug-likeness (QED) is 0.743. The van der Waals surface area contributed by atoms with Crippen LogP contribution in [0.2, 0.25) is 0 Å². The van der Waals surface area contributed by atoms with Gasteiger partial charge < -0.3 is 14.9 Å². The number of benzene rings is 2. The highest BCUT2D eigenvalue weighted by molar-refractivity contribution is 7.80. The third-order valence-electron chi connectivity index (χ3n) is 3.44. The molecule has 0 aliphatic carbocycles. The molecule has 0 saturated carbocycles. The van der Waals surface area contributed by atoms with Crippen molar-refractivity contribution in [1.29, 1.82) is 5.26 Å². The molecule has 1 heterocycles. The van der Waals surface area contributed by atoms with Crippen molar-refractivity contribution in [2.24, 2.45) is 10.7 Å². The largest absolute Gasteiger partial charge is 0.497 e. The van der Waals surface area contributed by atoms with Gasteiger partial charge in [-0.2, -0.15) is 5.26 Å². The first-order valence-electron chi connectivity index (χ1n) is 7.07. The van der Waals surface area contributed by atoms with E-state index in [0.717, 1.165) is 11.1 Å². The van der Waals surface area contributed by atoms with Crippen molar-refractivity contribution in [2.45, 2.75) is 0 Å². The molecule has 2 aromatic carbocycles. The third kappa shape index (κ3) is 3.12. The van der Waals surface area contributed by atoms with Crippen molar-refractivity contribution in [3.8, 4) is 11.8 Å². The topological polar surface area (TPSA) is 84.5 Å². The van der Waals surface area contributed by atoms with Crippen LogP contribution in [0.25, 0.3) is 11.0 Å². The van der Waals surface area contributed by atoms with Crippen molar-refractivity contribution < 1.29 is 9.15 Å². The molecule has 24 heavy (non-hydrogen) atoms. The molecule has 118 valence electrons. The SMILES string of the molecule is COc1ccc(N=c2oc3ccc(C#N)cc3cc2C(N)=S)cc1. The minimum Gasteiger partial charge on any atom is -0.497 e. The Morgan fingerprint density at radius 1 is 1.21 bits per heavy atom. The normalized spacial score (nSPS) is 11.2. The second-order valence-electron chi connectivity index (χ2n) is 5.00. The van der Waals surface area contributed by atoms with Crippen LogP contribution in [0.15, 0.2) is 57.9 Å². The lowest BCUT2D eigenvalue weighted by Gasteiger charge is -2.04. The summed E-state index contributed by atoms with van der Waals surface area (Å²) in [6.45, 7) is 0. The van der Waals surface area contributed by atoms with E-state index in [0.29, 0.717) is 28.0 Å². The van der Waals surface area contributed by atoms with Crippen molar-refractivity contribution >= 4 is 33.9 Å². The smallest absolute Gasteiger partial charge is 0.230 e. The summed E-state index contributed by atoms with van der Waals surface area (Å²) in [6.07, 6.45) is 0. The monoisotopic (exact) mass is 335 g/mol. The van der Waals surface area contributed by atoms with Crippen LogP contribution in [-0.2, 0) is 0 Å². The van der Waals surface area contributed by atoms with E-state index in [1.807, 2.05) is 0 Å². The fourth-order valence-electron chi connectivity index (χ4n) is 2.23. The summed E-state index contributed by atoms with van der Waals surface area (Å²) in [6, 6.07) is 16.2. The van der Waals surface area contributed by atoms with E-state index in [1.54, 1.807) is 55.6 Å². The van der Waals surface area contributed by atoms with Gasteiger partial charge in [-0.1, -0.05) is 12.2 Å². The van der Waals surface area contributed by atoms with E-state index in [1.165, 1.54) is 0 Å². The average molecular weight is 335 g/mol. The molecular formula is C18H13N3O2S. The minimum absolute atomic E-state index is 0.176. The van der Waals surface area contributed by atoms with Crippen LogP contribution >= 0.6 is 12.2 Å². The minimum atomic E-state index is 0.176. The number of ether oxygens (including phenoxy) is 1. The summed E-state index contributed by atoms with van der Waals surface area (Å²) in [7, 11) is 1.60. The number of thiocarbonyl (C=S) groups is 1. The Morgan fingerprint density at radius 2 is 1.96 bits per heavy atom. The summed E-state index contributed by atoms with van der Waals surface area (Å²) >= 11 is 5.10. The van der Waals surface area contributed by atoms with E-state index in [2.05, 4.69) is 11.1 Å². The highest BCUT2D eigenvalue weighted by atomic mass is 32.1. The first-order valence-corrected chi connectivity index (χ1v) is 7.48. The van der Waals surface area contributed by atoms with Gasteiger partial charge >= 0.3 is 0 Å². The number of rotatable bonds is 3. The summed E-state index contributed by atoms with van der Waals surface area (Å²) in [5.41, 5.74) is 8.46. The van der Waals surface area contributed by atoms with Crippen LogP contribution < -0.4 is 16.0 Å². The maximum absolute atomic E-state index is 9.01. The molecule has 0 spiro atoms. The molecule has 0 aliphatic heterocycles. The van der Waals surface area contributed by atoms with Gasteiger partial charge in [0.15, 0.2) is 0 Å². The van der Waals surface area contributed by atoms with E-state index in [-0.39, 0.29) is 4.99 Å². The Kier molecular flexibility index (Phi) is 4.27. The van der Waals surface area contributed by atoms with Crippen LogP contribution in [0.4, 0.5) is 5.69 Å². The summed E-state index contributed by atoms with van der Waals surface area (Å²) in [5, 5.41) is 9.75. The maximum atomic E-state index is 9.01. The van der Waals surface area contributed by atoms with Crippen molar-refractivity contribution in [2.75, 3.05) is 7.11 Å². The Morgan fingerprint density at radius 3 is 2.58 bits per heavy atom. The molecule has 3 rings (SSSR count). The predicted octanol–water partition coefficient (Wildman–Crippen LogP) is 3.18. The number of hydrogen-bond acceptors (Lipinski definition) is 5. The zero-order valence-electron chi connectivity index (χ0n) is 12.8. The van der Waals surface area contributed by atoms with E-state index >= 15 is 0 Å². The molecule has 0 amide bonds. The van der Waals surface area contributed by atoms with Crippen LogP contribution in [-0.4, -0.2) is 12.1 Å². The standard InChI is InChI=1S/C18H13N3O2S/c1-22-14-5-3-13(4-6-14)21-18-15(17(20)24)9-12-8-11(10-19)2-7-16(12)23-18/h2-9H,1H3,(H2,20,24). The van der Waals surface area contributed by atoms with Gasteiger partial charge in [-0.3, -0.25) is 0 Å². The van der Waals surface area contributed by atoms with Crippen LogP contribution in [0, 0.1) is 11.3 Å². The van der Waals surface area contributed by atoms with Gasteiger partial charge in [0.2, 0.25) is 5.55 Å². The summed E-state index contributed by atoms with van der Waals surface area (Å²) in [4.78, 5) is 4.65. The first-order chi connectivity index (χ1) is 11.6. The maximum Gasteiger partial charge on any atom is 0.230 e. The molecule has 0 aliphatic rings. The zero-order chi connectivity index (χ0) is 17.1. The number of fused-ring (bicyclic) bond motifs is 1. The average Bonchev–Trinajstić information content (AvgIpc) is 2.61. The highest BCUT2D eigenvalue weighted by Gasteiger charge is 2.07. The molecule has 0 radical (unpaired) electrons. The Hall–Kier alpha value is -3.17. The van der Waals surface area contributed by atoms with Crippen LogP contribution in [0.3, 0.4) is 0 Å². The van der Waals surface area contributed by atoms with Gasteiger partial charge in [0.25, 0.3) is 0 Å². The van der Waals surface area contributed by atoms with Gasteiger partial charge in [0.1, 0.15) is 16.3 Å². The third-order valence-corrected chi connectivity index (χ3v) is 3.66. The Labute approximate surface area is 143 Å². The number of methoxy groups -OCH3 is 1. The molecule has 3 aromatic rings. The Bertz CT molecular complexity index is 1030. The van der Waals surface area contributed by atoms with E-state index in [4.69, 9.17) is 32.4 Å². The number of nitrogens with two attached hydrogens (primary N) is 1. The number of nitriles is 1. The lowest BCUT2D eigenvalue weighted by molar-refractivity contribution is 0.415. The van der Waals surface area contributed by atoms with Gasteiger partial charge in [-0.05, 0) is 48.5 Å². The number of hydrogen-bond donors (Lipinski definition) is 1. The molecule has 5 nitrogen and oxygen atoms in total. The van der Waals surface area contributed by atoms with E-state index in [9.17, 15) is 0 Å². The van der Waals surface area contributed by atoms with Crippen molar-refractivity contribution in [3.05, 3.63) is 65.2 Å². The summed E-state index contributed by atoms with van der Waals surface area (Å²) in [5.74, 6) is 0.739. The molecular weight excluding hydrogens is 322 g/mol. The van der Waals surface area contributed by atoms with E-state index < -0.39 is 0 Å². The molecule has 0 saturated heterocycles. The fraction of sp³-hybridized carbons (Fsp3) is 0.0556. The molecule has 1 aromatic heterocycles. The summed E-state index contributed by atoms with van der Waals surface area (Å²) < 4.78 is 11.0. The van der Waals surface area contributed by atoms with Crippen LogP contribution in [0.5, 0.6) is 5.75 Å². The van der Waals surface area contributed by atoms with Gasteiger partial charge in [0.05, 0.1) is 30.0 Å². The highest BCUT2D eigenvalue weighted by Crippen LogP contribution is 2.19. The van der Waals surface area contributed by atoms with Crippen molar-refractivity contribution in [3.63, 3.8) is 0 Å². The Balaban J connectivity index is 2.21. The molecule has 0 unspecified atom stereocenters. The van der Waals surface area contributed by atoms with Gasteiger partial charge in [0, 0.05) is 5.39 Å². The van der Waals surface area contributed by atoms with Gasteiger partial charge in [-0.15, -0.1) is 0 Å². The molecule has 0 atom stereocenters. The zero-order valence-corrected chi connectivity index (χ0v) is 13.6. The molecule has 2 N–H and O–H groups in total. The predicted molar refractivity (Wildman–Crippen MR) is 95.0 cm³/mol. The second-order valence-corrected chi connectivity index (χ2v) is 5.44. The number of nitrogens with zero attached hydrogens (tertiary/aromatic N) is 2. The molecule has 6 heteroatoms. The second kappa shape index (κ2) is 6.52.